The van der Waals surface area contributed by atoms with E-state index in [2.05, 4.69) is 29.2 Å². The summed E-state index contributed by atoms with van der Waals surface area (Å²) in [4.78, 5) is 4.36. The van der Waals surface area contributed by atoms with Crippen LogP contribution in [0, 0.1) is 5.92 Å². The van der Waals surface area contributed by atoms with Crippen LogP contribution in [-0.2, 0) is 4.74 Å². The van der Waals surface area contributed by atoms with Gasteiger partial charge in [0.1, 0.15) is 5.52 Å². The normalized spacial score (nSPS) is 13.2. The van der Waals surface area contributed by atoms with Gasteiger partial charge in [-0.1, -0.05) is 13.8 Å². The van der Waals surface area contributed by atoms with Crippen molar-refractivity contribution in [3.8, 4) is 0 Å². The van der Waals surface area contributed by atoms with Gasteiger partial charge in [0.15, 0.2) is 5.82 Å². The smallest absolute Gasteiger partial charge is 0.152 e. The number of hydrogen-bond acceptors (Lipinski definition) is 4. The molecule has 2 aromatic heterocycles. The molecule has 17 heavy (non-hydrogen) atoms. The van der Waals surface area contributed by atoms with Crippen LogP contribution < -0.4 is 5.32 Å². The number of ether oxygens (including phenoxy) is 1. The predicted molar refractivity (Wildman–Crippen MR) is 67.1 cm³/mol. The zero-order valence-electron chi connectivity index (χ0n) is 10.4. The maximum Gasteiger partial charge on any atom is 0.152 e. The Labute approximate surface area is 101 Å². The van der Waals surface area contributed by atoms with E-state index in [9.17, 15) is 0 Å². The summed E-state index contributed by atoms with van der Waals surface area (Å²) in [7, 11) is 1.71. The molecule has 2 rings (SSSR count). The summed E-state index contributed by atoms with van der Waals surface area (Å²) < 4.78 is 7.02. The van der Waals surface area contributed by atoms with Gasteiger partial charge in [-0.25, -0.2) is 9.50 Å². The summed E-state index contributed by atoms with van der Waals surface area (Å²) in [5, 5.41) is 7.59. The van der Waals surface area contributed by atoms with Crippen molar-refractivity contribution in [2.24, 2.45) is 5.92 Å². The van der Waals surface area contributed by atoms with Crippen LogP contribution in [0.5, 0.6) is 0 Å². The number of anilines is 1. The van der Waals surface area contributed by atoms with E-state index in [4.69, 9.17) is 4.74 Å². The molecule has 2 aromatic rings. The molecular formula is C12H18N4O. The molecule has 0 aliphatic heterocycles. The lowest BCUT2D eigenvalue weighted by molar-refractivity contribution is 0.171. The molecule has 1 N–H and O–H groups in total. The Bertz CT molecular complexity index is 480. The number of rotatable bonds is 5. The SMILES string of the molecule is COCC(Nc1nccn2nccc12)C(C)C. The van der Waals surface area contributed by atoms with Crippen molar-refractivity contribution in [2.45, 2.75) is 19.9 Å². The van der Waals surface area contributed by atoms with Gasteiger partial charge in [-0.2, -0.15) is 5.10 Å². The highest BCUT2D eigenvalue weighted by atomic mass is 16.5. The summed E-state index contributed by atoms with van der Waals surface area (Å²) in [5.41, 5.74) is 0.981. The average molecular weight is 234 g/mol. The second kappa shape index (κ2) is 5.14. The first kappa shape index (κ1) is 11.9. The number of nitrogens with one attached hydrogen (secondary N) is 1. The van der Waals surface area contributed by atoms with Crippen molar-refractivity contribution in [2.75, 3.05) is 19.0 Å². The van der Waals surface area contributed by atoms with E-state index in [1.807, 2.05) is 12.3 Å². The zero-order chi connectivity index (χ0) is 12.3. The molecule has 0 aliphatic carbocycles. The largest absolute Gasteiger partial charge is 0.383 e. The van der Waals surface area contributed by atoms with Crippen molar-refractivity contribution in [1.29, 1.82) is 0 Å². The number of aromatic nitrogens is 3. The van der Waals surface area contributed by atoms with Crippen LogP contribution in [0.25, 0.3) is 5.52 Å². The summed E-state index contributed by atoms with van der Waals surface area (Å²) in [6.07, 6.45) is 5.34. The van der Waals surface area contributed by atoms with E-state index in [-0.39, 0.29) is 6.04 Å². The fourth-order valence-corrected chi connectivity index (χ4v) is 1.72. The molecule has 1 unspecified atom stereocenters. The Morgan fingerprint density at radius 2 is 2.24 bits per heavy atom. The van der Waals surface area contributed by atoms with Gasteiger partial charge in [0.2, 0.25) is 0 Å². The average Bonchev–Trinajstić information content (AvgIpc) is 2.77. The lowest BCUT2D eigenvalue weighted by Crippen LogP contribution is -2.31. The summed E-state index contributed by atoms with van der Waals surface area (Å²) in [5.74, 6) is 1.32. The lowest BCUT2D eigenvalue weighted by atomic mass is 10.1. The van der Waals surface area contributed by atoms with Gasteiger partial charge in [-0.05, 0) is 12.0 Å². The number of methoxy groups -OCH3 is 1. The van der Waals surface area contributed by atoms with E-state index in [0.717, 1.165) is 11.3 Å². The molecular weight excluding hydrogens is 216 g/mol. The lowest BCUT2D eigenvalue weighted by Gasteiger charge is -2.22. The maximum absolute atomic E-state index is 5.22. The Kier molecular flexibility index (Phi) is 3.58. The molecule has 0 aromatic carbocycles. The van der Waals surface area contributed by atoms with Crippen molar-refractivity contribution >= 4 is 11.3 Å². The number of hydrogen-bond donors (Lipinski definition) is 1. The third kappa shape index (κ3) is 2.55. The third-order valence-electron chi connectivity index (χ3n) is 2.80. The minimum absolute atomic E-state index is 0.244. The van der Waals surface area contributed by atoms with Gasteiger partial charge in [0, 0.05) is 19.5 Å². The van der Waals surface area contributed by atoms with Gasteiger partial charge < -0.3 is 10.1 Å². The molecule has 0 saturated heterocycles. The zero-order valence-corrected chi connectivity index (χ0v) is 10.4. The van der Waals surface area contributed by atoms with Gasteiger partial charge in [-0.15, -0.1) is 0 Å². The van der Waals surface area contributed by atoms with E-state index < -0.39 is 0 Å². The van der Waals surface area contributed by atoms with Crippen LogP contribution in [-0.4, -0.2) is 34.4 Å². The van der Waals surface area contributed by atoms with Crippen LogP contribution in [0.2, 0.25) is 0 Å². The molecule has 1 atom stereocenters. The fraction of sp³-hybridized carbons (Fsp3) is 0.500. The minimum atomic E-state index is 0.244. The first-order valence-corrected chi connectivity index (χ1v) is 5.76. The third-order valence-corrected chi connectivity index (χ3v) is 2.80. The molecule has 0 radical (unpaired) electrons. The molecule has 0 amide bonds. The van der Waals surface area contributed by atoms with Gasteiger partial charge >= 0.3 is 0 Å². The fourth-order valence-electron chi connectivity index (χ4n) is 1.72. The van der Waals surface area contributed by atoms with Crippen molar-refractivity contribution in [3.05, 3.63) is 24.7 Å². The molecule has 5 nitrogen and oxygen atoms in total. The van der Waals surface area contributed by atoms with E-state index >= 15 is 0 Å². The van der Waals surface area contributed by atoms with Crippen LogP contribution >= 0.6 is 0 Å². The Balaban J connectivity index is 2.24. The maximum atomic E-state index is 5.22. The molecule has 5 heteroatoms. The highest BCUT2D eigenvalue weighted by Crippen LogP contribution is 2.16. The molecule has 0 aliphatic rings. The summed E-state index contributed by atoms with van der Waals surface area (Å²) >= 11 is 0. The summed E-state index contributed by atoms with van der Waals surface area (Å²) in [6.45, 7) is 4.98. The second-order valence-electron chi connectivity index (χ2n) is 4.39. The molecule has 0 saturated carbocycles. The first-order valence-electron chi connectivity index (χ1n) is 5.76. The second-order valence-corrected chi connectivity index (χ2v) is 4.39. The molecule has 0 spiro atoms. The summed E-state index contributed by atoms with van der Waals surface area (Å²) in [6, 6.07) is 2.19. The van der Waals surface area contributed by atoms with E-state index in [1.54, 1.807) is 24.0 Å². The monoisotopic (exact) mass is 234 g/mol. The molecule has 92 valence electrons. The number of fused-ring (bicyclic) bond motifs is 1. The minimum Gasteiger partial charge on any atom is -0.383 e. The molecule has 0 fully saturated rings. The molecule has 0 bridgehead atoms. The Morgan fingerprint density at radius 1 is 1.41 bits per heavy atom. The Morgan fingerprint density at radius 3 is 2.94 bits per heavy atom. The van der Waals surface area contributed by atoms with Crippen molar-refractivity contribution in [3.63, 3.8) is 0 Å². The van der Waals surface area contributed by atoms with Crippen molar-refractivity contribution in [1.82, 2.24) is 14.6 Å². The van der Waals surface area contributed by atoms with Crippen LogP contribution in [0.1, 0.15) is 13.8 Å². The highest BCUT2D eigenvalue weighted by molar-refractivity contribution is 5.67. The predicted octanol–water partition coefficient (Wildman–Crippen LogP) is 1.81. The van der Waals surface area contributed by atoms with Gasteiger partial charge in [0.05, 0.1) is 18.8 Å². The quantitative estimate of drug-likeness (QED) is 0.857. The van der Waals surface area contributed by atoms with E-state index in [0.29, 0.717) is 12.5 Å². The topological polar surface area (TPSA) is 51.5 Å². The van der Waals surface area contributed by atoms with Crippen LogP contribution in [0.15, 0.2) is 24.7 Å². The van der Waals surface area contributed by atoms with Crippen LogP contribution in [0.3, 0.4) is 0 Å². The van der Waals surface area contributed by atoms with E-state index in [1.165, 1.54) is 0 Å². The Hall–Kier alpha value is -1.62. The molecule has 2 heterocycles. The standard InChI is InChI=1S/C12H18N4O/c1-9(2)10(8-17-3)15-12-11-4-5-14-16(11)7-6-13-12/h4-7,9-10H,8H2,1-3H3,(H,13,15). The van der Waals surface area contributed by atoms with Crippen molar-refractivity contribution < 1.29 is 4.74 Å². The van der Waals surface area contributed by atoms with Crippen LogP contribution in [0.4, 0.5) is 5.82 Å². The number of nitrogens with zero attached hydrogens (tertiary/aromatic N) is 3. The highest BCUT2D eigenvalue weighted by Gasteiger charge is 2.15. The first-order chi connectivity index (χ1) is 8.22. The van der Waals surface area contributed by atoms with Gasteiger partial charge in [0.25, 0.3) is 0 Å². The van der Waals surface area contributed by atoms with Gasteiger partial charge in [-0.3, -0.25) is 0 Å².